The van der Waals surface area contributed by atoms with E-state index in [-0.39, 0.29) is 16.2 Å². The van der Waals surface area contributed by atoms with Crippen molar-refractivity contribution >= 4 is 54.0 Å². The number of halogens is 1. The first-order chi connectivity index (χ1) is 12.4. The van der Waals surface area contributed by atoms with E-state index in [0.29, 0.717) is 26.1 Å². The van der Waals surface area contributed by atoms with Crippen molar-refractivity contribution in [3.05, 3.63) is 47.0 Å². The van der Waals surface area contributed by atoms with Gasteiger partial charge >= 0.3 is 0 Å². The maximum absolute atomic E-state index is 12.5. The van der Waals surface area contributed by atoms with Gasteiger partial charge in [0.1, 0.15) is 11.3 Å². The van der Waals surface area contributed by atoms with Crippen molar-refractivity contribution in [1.82, 2.24) is 4.98 Å². The zero-order valence-corrected chi connectivity index (χ0v) is 16.3. The molecule has 0 aliphatic rings. The molecule has 0 spiro atoms. The summed E-state index contributed by atoms with van der Waals surface area (Å²) in [5.74, 6) is 0.0679. The molecule has 3 aromatic rings. The number of ether oxygens (including phenoxy) is 1. The molecule has 0 aliphatic heterocycles. The molecule has 26 heavy (non-hydrogen) atoms. The zero-order chi connectivity index (χ0) is 18.9. The molecular weight excluding hydrogens is 396 g/mol. The maximum Gasteiger partial charge on any atom is 0.257 e. The van der Waals surface area contributed by atoms with Gasteiger partial charge in [0.05, 0.1) is 27.5 Å². The first kappa shape index (κ1) is 18.6. The fourth-order valence-corrected chi connectivity index (χ4v) is 4.41. The number of carbonyl (C=O) groups is 1. The van der Waals surface area contributed by atoms with Gasteiger partial charge in [0, 0.05) is 5.56 Å². The summed E-state index contributed by atoms with van der Waals surface area (Å²) in [5, 5.41) is 3.54. The third-order valence-electron chi connectivity index (χ3n) is 3.73. The second kappa shape index (κ2) is 7.22. The molecule has 0 unspecified atom stereocenters. The van der Waals surface area contributed by atoms with Crippen LogP contribution in [0.1, 0.15) is 17.3 Å². The Hall–Kier alpha value is -2.16. The quantitative estimate of drug-likeness (QED) is 0.687. The Kier molecular flexibility index (Phi) is 5.17. The van der Waals surface area contributed by atoms with Gasteiger partial charge in [0.2, 0.25) is 0 Å². The first-order valence-corrected chi connectivity index (χ1v) is 10.5. The standard InChI is InChI=1S/C17H15ClN2O4S2/c1-3-26(22,23)11-6-4-5-10(9-11)16(21)20-17-19-14-13(24-2)8-7-12(18)15(14)25-17/h4-9H,3H2,1-2H3,(H,19,20,21). The second-order valence-corrected chi connectivity index (χ2v) is 9.02. The van der Waals surface area contributed by atoms with Crippen LogP contribution in [0.15, 0.2) is 41.3 Å². The van der Waals surface area contributed by atoms with Crippen LogP contribution in [-0.4, -0.2) is 32.2 Å². The van der Waals surface area contributed by atoms with Crippen LogP contribution >= 0.6 is 22.9 Å². The molecule has 3 rings (SSSR count). The topological polar surface area (TPSA) is 85.4 Å². The molecule has 136 valence electrons. The lowest BCUT2D eigenvalue weighted by Gasteiger charge is -2.05. The van der Waals surface area contributed by atoms with Gasteiger partial charge in [0.15, 0.2) is 15.0 Å². The minimum absolute atomic E-state index is 0.0335. The largest absolute Gasteiger partial charge is 0.494 e. The number of carbonyl (C=O) groups excluding carboxylic acids is 1. The minimum atomic E-state index is -3.39. The molecule has 0 radical (unpaired) electrons. The number of rotatable bonds is 5. The number of hydrogen-bond acceptors (Lipinski definition) is 6. The minimum Gasteiger partial charge on any atom is -0.494 e. The predicted octanol–water partition coefficient (Wildman–Crippen LogP) is 4.00. The number of thiazole rings is 1. The van der Waals surface area contributed by atoms with Crippen LogP contribution in [0.2, 0.25) is 5.02 Å². The van der Waals surface area contributed by atoms with Crippen molar-refractivity contribution in [3.8, 4) is 5.75 Å². The van der Waals surface area contributed by atoms with Crippen LogP contribution < -0.4 is 10.1 Å². The molecule has 9 heteroatoms. The van der Waals surface area contributed by atoms with E-state index >= 15 is 0 Å². The van der Waals surface area contributed by atoms with Crippen LogP contribution in [0.25, 0.3) is 10.2 Å². The molecule has 6 nitrogen and oxygen atoms in total. The second-order valence-electron chi connectivity index (χ2n) is 5.33. The smallest absolute Gasteiger partial charge is 0.257 e. The van der Waals surface area contributed by atoms with Crippen molar-refractivity contribution < 1.29 is 17.9 Å². The van der Waals surface area contributed by atoms with E-state index < -0.39 is 15.7 Å². The van der Waals surface area contributed by atoms with Crippen LogP contribution in [0.4, 0.5) is 5.13 Å². The van der Waals surface area contributed by atoms with Crippen molar-refractivity contribution in [2.75, 3.05) is 18.2 Å². The van der Waals surface area contributed by atoms with Gasteiger partial charge in [-0.25, -0.2) is 13.4 Å². The van der Waals surface area contributed by atoms with Crippen molar-refractivity contribution in [2.24, 2.45) is 0 Å². The van der Waals surface area contributed by atoms with Gasteiger partial charge in [-0.3, -0.25) is 10.1 Å². The lowest BCUT2D eigenvalue weighted by molar-refractivity contribution is 0.102. The fraction of sp³-hybridized carbons (Fsp3) is 0.176. The van der Waals surface area contributed by atoms with Gasteiger partial charge in [-0.05, 0) is 30.3 Å². The van der Waals surface area contributed by atoms with Gasteiger partial charge in [-0.15, -0.1) is 0 Å². The van der Waals surface area contributed by atoms with E-state index in [4.69, 9.17) is 16.3 Å². The van der Waals surface area contributed by atoms with Crippen molar-refractivity contribution in [3.63, 3.8) is 0 Å². The van der Waals surface area contributed by atoms with E-state index in [0.717, 1.165) is 0 Å². The SMILES string of the molecule is CCS(=O)(=O)c1cccc(C(=O)Nc2nc3c(OC)ccc(Cl)c3s2)c1. The Labute approximate surface area is 159 Å². The molecular formula is C17H15ClN2O4S2. The Bertz CT molecular complexity index is 1090. The number of nitrogens with zero attached hydrogens (tertiary/aromatic N) is 1. The summed E-state index contributed by atoms with van der Waals surface area (Å²) in [6.07, 6.45) is 0. The van der Waals surface area contributed by atoms with E-state index in [1.54, 1.807) is 25.1 Å². The summed E-state index contributed by atoms with van der Waals surface area (Å²) >= 11 is 7.39. The zero-order valence-electron chi connectivity index (χ0n) is 13.9. The highest BCUT2D eigenvalue weighted by Gasteiger charge is 2.17. The molecule has 2 aromatic carbocycles. The highest BCUT2D eigenvalue weighted by atomic mass is 35.5. The highest BCUT2D eigenvalue weighted by molar-refractivity contribution is 7.91. The molecule has 0 fully saturated rings. The van der Waals surface area contributed by atoms with Crippen LogP contribution in [0, 0.1) is 0 Å². The molecule has 1 amide bonds. The number of amides is 1. The molecule has 0 saturated carbocycles. The van der Waals surface area contributed by atoms with Gasteiger partial charge in [0.25, 0.3) is 5.91 Å². The van der Waals surface area contributed by atoms with Gasteiger partial charge in [-0.1, -0.05) is 35.9 Å². The Morgan fingerprint density at radius 3 is 2.77 bits per heavy atom. The molecule has 0 atom stereocenters. The molecule has 0 saturated heterocycles. The third kappa shape index (κ3) is 3.53. The number of hydrogen-bond donors (Lipinski definition) is 1. The average molecular weight is 411 g/mol. The van der Waals surface area contributed by atoms with Crippen LogP contribution in [-0.2, 0) is 9.84 Å². The normalized spacial score (nSPS) is 11.5. The Morgan fingerprint density at radius 2 is 2.08 bits per heavy atom. The van der Waals surface area contributed by atoms with E-state index in [1.807, 2.05) is 0 Å². The lowest BCUT2D eigenvalue weighted by atomic mass is 10.2. The predicted molar refractivity (Wildman–Crippen MR) is 103 cm³/mol. The number of methoxy groups -OCH3 is 1. The van der Waals surface area contributed by atoms with E-state index in [1.165, 1.54) is 36.6 Å². The maximum atomic E-state index is 12.5. The number of sulfone groups is 1. The van der Waals surface area contributed by atoms with Gasteiger partial charge in [-0.2, -0.15) is 0 Å². The molecule has 1 N–H and O–H groups in total. The molecule has 0 aliphatic carbocycles. The first-order valence-electron chi connectivity index (χ1n) is 7.63. The number of nitrogens with one attached hydrogen (secondary N) is 1. The summed E-state index contributed by atoms with van der Waals surface area (Å²) in [6.45, 7) is 1.56. The van der Waals surface area contributed by atoms with Crippen LogP contribution in [0.5, 0.6) is 5.75 Å². The summed E-state index contributed by atoms with van der Waals surface area (Å²) in [7, 11) is -1.86. The lowest BCUT2D eigenvalue weighted by Crippen LogP contribution is -2.13. The summed E-state index contributed by atoms with van der Waals surface area (Å²) in [5.41, 5.74) is 0.791. The number of aromatic nitrogens is 1. The van der Waals surface area contributed by atoms with Gasteiger partial charge < -0.3 is 4.74 Å². The van der Waals surface area contributed by atoms with Crippen molar-refractivity contribution in [2.45, 2.75) is 11.8 Å². The summed E-state index contributed by atoms with van der Waals surface area (Å²) in [4.78, 5) is 17.0. The number of fused-ring (bicyclic) bond motifs is 1. The number of benzene rings is 2. The monoisotopic (exact) mass is 410 g/mol. The summed E-state index contributed by atoms with van der Waals surface area (Å²) in [6, 6.07) is 9.31. The molecule has 1 aromatic heterocycles. The Balaban J connectivity index is 1.93. The highest BCUT2D eigenvalue weighted by Crippen LogP contribution is 2.37. The summed E-state index contributed by atoms with van der Waals surface area (Å²) < 4.78 is 29.9. The van der Waals surface area contributed by atoms with E-state index in [2.05, 4.69) is 10.3 Å². The average Bonchev–Trinajstić information content (AvgIpc) is 3.06. The van der Waals surface area contributed by atoms with E-state index in [9.17, 15) is 13.2 Å². The molecule has 1 heterocycles. The fourth-order valence-electron chi connectivity index (χ4n) is 2.34. The van der Waals surface area contributed by atoms with Crippen molar-refractivity contribution in [1.29, 1.82) is 0 Å². The number of anilines is 1. The Morgan fingerprint density at radius 1 is 1.31 bits per heavy atom. The van der Waals surface area contributed by atoms with Crippen LogP contribution in [0.3, 0.4) is 0 Å². The molecule has 0 bridgehead atoms. The third-order valence-corrected chi connectivity index (χ3v) is 6.90.